The summed E-state index contributed by atoms with van der Waals surface area (Å²) in [6.45, 7) is 0.954. The van der Waals surface area contributed by atoms with Crippen molar-refractivity contribution in [3.05, 3.63) is 23.4 Å². The fourth-order valence-electron chi connectivity index (χ4n) is 2.62. The summed E-state index contributed by atoms with van der Waals surface area (Å²) in [4.78, 5) is 4.40. The minimum atomic E-state index is 0.671. The maximum Gasteiger partial charge on any atom is 0.243 e. The Bertz CT molecular complexity index is 531. The van der Waals surface area contributed by atoms with Gasteiger partial charge in [-0.2, -0.15) is 4.98 Å². The van der Waals surface area contributed by atoms with Gasteiger partial charge in [-0.15, -0.1) is 5.10 Å². The molecule has 2 heterocycles. The molecule has 1 aliphatic carbocycles. The van der Waals surface area contributed by atoms with Crippen molar-refractivity contribution in [3.8, 4) is 0 Å². The van der Waals surface area contributed by atoms with Gasteiger partial charge in [-0.1, -0.05) is 37.3 Å². The number of halogens is 1. The Balaban J connectivity index is 1.60. The lowest BCUT2D eigenvalue weighted by Crippen LogP contribution is -2.07. The van der Waals surface area contributed by atoms with Crippen molar-refractivity contribution in [1.29, 1.82) is 0 Å². The lowest BCUT2D eigenvalue weighted by atomic mass is 10.0. The van der Waals surface area contributed by atoms with Gasteiger partial charge in [-0.25, -0.2) is 4.52 Å². The summed E-state index contributed by atoms with van der Waals surface area (Å²) in [5.41, 5.74) is 0.822. The number of hydrogen-bond donors (Lipinski definition) is 1. The summed E-state index contributed by atoms with van der Waals surface area (Å²) in [6.07, 6.45) is 8.56. The smallest absolute Gasteiger partial charge is 0.243 e. The van der Waals surface area contributed by atoms with Crippen LogP contribution in [-0.4, -0.2) is 21.1 Å². The molecular weight excluding hydrogens is 248 g/mol. The van der Waals surface area contributed by atoms with E-state index in [1.807, 2.05) is 12.1 Å². The second-order valence-corrected chi connectivity index (χ2v) is 5.39. The van der Waals surface area contributed by atoms with Gasteiger partial charge in [-0.05, 0) is 24.5 Å². The molecule has 0 unspecified atom stereocenters. The molecule has 0 radical (unpaired) electrons. The molecule has 1 N–H and O–H groups in total. The predicted molar refractivity (Wildman–Crippen MR) is 73.1 cm³/mol. The molecule has 5 heteroatoms. The largest absolute Gasteiger partial charge is 0.353 e. The molecule has 0 aromatic carbocycles. The highest BCUT2D eigenvalue weighted by atomic mass is 35.5. The van der Waals surface area contributed by atoms with E-state index in [9.17, 15) is 0 Å². The number of aromatic nitrogens is 3. The molecule has 96 valence electrons. The van der Waals surface area contributed by atoms with Crippen LogP contribution in [0.2, 0.25) is 5.02 Å². The summed E-state index contributed by atoms with van der Waals surface area (Å²) in [5, 5.41) is 8.31. The second-order valence-electron chi connectivity index (χ2n) is 4.95. The maximum absolute atomic E-state index is 5.91. The van der Waals surface area contributed by atoms with Crippen molar-refractivity contribution >= 4 is 23.2 Å². The van der Waals surface area contributed by atoms with E-state index in [-0.39, 0.29) is 0 Å². The van der Waals surface area contributed by atoms with Gasteiger partial charge in [0.25, 0.3) is 0 Å². The normalized spacial score (nSPS) is 16.5. The fourth-order valence-corrected chi connectivity index (χ4v) is 2.78. The van der Waals surface area contributed by atoms with E-state index in [1.165, 1.54) is 32.1 Å². The summed E-state index contributed by atoms with van der Waals surface area (Å²) in [7, 11) is 0. The Kier molecular flexibility index (Phi) is 3.37. The van der Waals surface area contributed by atoms with Crippen molar-refractivity contribution in [3.63, 3.8) is 0 Å². The first-order valence-electron chi connectivity index (χ1n) is 6.57. The molecule has 0 atom stereocenters. The van der Waals surface area contributed by atoms with Gasteiger partial charge in [0.05, 0.1) is 5.02 Å². The van der Waals surface area contributed by atoms with Gasteiger partial charge >= 0.3 is 0 Å². The third-order valence-electron chi connectivity index (χ3n) is 3.61. The third kappa shape index (κ3) is 2.58. The first-order valence-corrected chi connectivity index (χ1v) is 6.95. The average molecular weight is 265 g/mol. The average Bonchev–Trinajstić information content (AvgIpc) is 2.97. The highest BCUT2D eigenvalue weighted by Gasteiger charge is 2.14. The van der Waals surface area contributed by atoms with Crippen LogP contribution in [0.15, 0.2) is 18.3 Å². The van der Waals surface area contributed by atoms with Crippen molar-refractivity contribution in [2.45, 2.75) is 32.1 Å². The van der Waals surface area contributed by atoms with E-state index >= 15 is 0 Å². The molecule has 0 bridgehead atoms. The molecule has 0 amide bonds. The predicted octanol–water partition coefficient (Wildman–Crippen LogP) is 3.37. The van der Waals surface area contributed by atoms with Crippen molar-refractivity contribution < 1.29 is 0 Å². The second kappa shape index (κ2) is 5.14. The summed E-state index contributed by atoms with van der Waals surface area (Å²) in [6, 6.07) is 3.70. The van der Waals surface area contributed by atoms with Gasteiger partial charge in [0.1, 0.15) is 0 Å². The van der Waals surface area contributed by atoms with Crippen LogP contribution in [0.4, 0.5) is 5.95 Å². The lowest BCUT2D eigenvalue weighted by molar-refractivity contribution is 0.518. The zero-order chi connectivity index (χ0) is 12.4. The number of hydrogen-bond acceptors (Lipinski definition) is 3. The van der Waals surface area contributed by atoms with Crippen LogP contribution in [0, 0.1) is 5.92 Å². The van der Waals surface area contributed by atoms with Crippen LogP contribution in [0.3, 0.4) is 0 Å². The molecule has 4 nitrogen and oxygen atoms in total. The molecule has 2 aromatic heterocycles. The molecule has 1 fully saturated rings. The van der Waals surface area contributed by atoms with E-state index in [2.05, 4.69) is 15.4 Å². The van der Waals surface area contributed by atoms with E-state index < -0.39 is 0 Å². The van der Waals surface area contributed by atoms with Gasteiger partial charge in [0, 0.05) is 12.7 Å². The topological polar surface area (TPSA) is 42.2 Å². The number of rotatable bonds is 4. The molecule has 0 aliphatic heterocycles. The van der Waals surface area contributed by atoms with E-state index in [4.69, 9.17) is 11.6 Å². The first kappa shape index (κ1) is 11.8. The van der Waals surface area contributed by atoms with Gasteiger partial charge in [0.15, 0.2) is 5.65 Å². The van der Waals surface area contributed by atoms with Gasteiger partial charge < -0.3 is 5.32 Å². The van der Waals surface area contributed by atoms with Crippen LogP contribution < -0.4 is 5.32 Å². The highest BCUT2D eigenvalue weighted by molar-refractivity contribution is 6.30. The Morgan fingerprint density at radius 2 is 2.17 bits per heavy atom. The molecule has 2 aromatic rings. The highest BCUT2D eigenvalue weighted by Crippen LogP contribution is 2.27. The number of nitrogens with zero attached hydrogens (tertiary/aromatic N) is 3. The minimum Gasteiger partial charge on any atom is -0.353 e. The fraction of sp³-hybridized carbons (Fsp3) is 0.538. The van der Waals surface area contributed by atoms with Crippen LogP contribution in [-0.2, 0) is 0 Å². The number of nitrogens with one attached hydrogen (secondary N) is 1. The Labute approximate surface area is 111 Å². The Morgan fingerprint density at radius 3 is 3.00 bits per heavy atom. The van der Waals surface area contributed by atoms with Crippen LogP contribution in [0.5, 0.6) is 0 Å². The molecule has 18 heavy (non-hydrogen) atoms. The Morgan fingerprint density at radius 1 is 1.33 bits per heavy atom. The quantitative estimate of drug-likeness (QED) is 0.921. The molecule has 0 spiro atoms. The molecule has 3 rings (SSSR count). The number of anilines is 1. The summed E-state index contributed by atoms with van der Waals surface area (Å²) in [5.74, 6) is 1.58. The Hall–Kier alpha value is -1.29. The standard InChI is InChI=1S/C13H17ClN4/c14-11-5-6-12-16-13(17-18(12)9-11)15-8-7-10-3-1-2-4-10/h5-6,9-10H,1-4,7-8H2,(H,15,17). The van der Waals surface area contributed by atoms with Gasteiger partial charge in [-0.3, -0.25) is 0 Å². The SMILES string of the molecule is Clc1ccc2nc(NCCC3CCCC3)nn2c1. The first-order chi connectivity index (χ1) is 8.81. The van der Waals surface area contributed by atoms with Gasteiger partial charge in [0.2, 0.25) is 5.95 Å². The number of fused-ring (bicyclic) bond motifs is 1. The van der Waals surface area contributed by atoms with E-state index in [1.54, 1.807) is 10.7 Å². The van der Waals surface area contributed by atoms with Crippen molar-refractivity contribution in [1.82, 2.24) is 14.6 Å². The molecule has 0 saturated heterocycles. The van der Waals surface area contributed by atoms with Crippen molar-refractivity contribution in [2.75, 3.05) is 11.9 Å². The monoisotopic (exact) mass is 264 g/mol. The van der Waals surface area contributed by atoms with Crippen LogP contribution in [0.25, 0.3) is 5.65 Å². The molecule has 1 saturated carbocycles. The zero-order valence-corrected chi connectivity index (χ0v) is 11.0. The third-order valence-corrected chi connectivity index (χ3v) is 3.83. The maximum atomic E-state index is 5.91. The van der Waals surface area contributed by atoms with Crippen LogP contribution in [0.1, 0.15) is 32.1 Å². The summed E-state index contributed by atoms with van der Waals surface area (Å²) < 4.78 is 1.71. The molecule has 1 aliphatic rings. The molecular formula is C13H17ClN4. The zero-order valence-electron chi connectivity index (χ0n) is 10.3. The number of pyridine rings is 1. The van der Waals surface area contributed by atoms with Crippen LogP contribution >= 0.6 is 11.6 Å². The van der Waals surface area contributed by atoms with E-state index in [0.29, 0.717) is 11.0 Å². The summed E-state index contributed by atoms with van der Waals surface area (Å²) >= 11 is 5.91. The lowest BCUT2D eigenvalue weighted by Gasteiger charge is -2.07. The van der Waals surface area contributed by atoms with Crippen molar-refractivity contribution in [2.24, 2.45) is 5.92 Å². The minimum absolute atomic E-state index is 0.671. The van der Waals surface area contributed by atoms with E-state index in [0.717, 1.165) is 18.1 Å².